The maximum atomic E-state index is 13.5. The van der Waals surface area contributed by atoms with Crippen molar-refractivity contribution in [2.24, 2.45) is 0 Å². The number of sulfonamides is 1. The van der Waals surface area contributed by atoms with Gasteiger partial charge in [0.2, 0.25) is 10.0 Å². The minimum Gasteiger partial charge on any atom is -0.258 e. The third kappa shape index (κ3) is 2.73. The molecule has 0 fully saturated rings. The fraction of sp³-hybridized carbons (Fsp3) is 0.250. The normalized spacial score (nSPS) is 11.5. The van der Waals surface area contributed by atoms with Crippen molar-refractivity contribution in [2.75, 3.05) is 13.3 Å². The van der Waals surface area contributed by atoms with Crippen LogP contribution in [0.4, 0.5) is 10.1 Å². The van der Waals surface area contributed by atoms with Crippen LogP contribution in [0.2, 0.25) is 0 Å². The maximum Gasteiger partial charge on any atom is 0.284 e. The maximum absolute atomic E-state index is 13.5. The molecule has 1 N–H and O–H groups in total. The highest BCUT2D eigenvalue weighted by Crippen LogP contribution is 2.31. The molecule has 0 heterocycles. The van der Waals surface area contributed by atoms with Crippen molar-refractivity contribution in [3.63, 3.8) is 0 Å². The van der Waals surface area contributed by atoms with Crippen molar-refractivity contribution in [2.45, 2.75) is 9.79 Å². The molecule has 17 heavy (non-hydrogen) atoms. The minimum absolute atomic E-state index is 0.0718. The SMILES string of the molecule is CNS(=O)(=O)c1cc([N+](=O)[O-])c(SC)cc1F. The van der Waals surface area contributed by atoms with Crippen LogP contribution in [0.25, 0.3) is 0 Å². The molecule has 6 nitrogen and oxygen atoms in total. The van der Waals surface area contributed by atoms with Crippen molar-refractivity contribution in [3.8, 4) is 0 Å². The average Bonchev–Trinajstić information content (AvgIpc) is 2.27. The van der Waals surface area contributed by atoms with E-state index >= 15 is 0 Å². The summed E-state index contributed by atoms with van der Waals surface area (Å²) in [6, 6.07) is 1.56. The summed E-state index contributed by atoms with van der Waals surface area (Å²) in [5.41, 5.74) is -0.437. The second-order valence-electron chi connectivity index (χ2n) is 2.92. The minimum atomic E-state index is -4.05. The number of nitro groups is 1. The van der Waals surface area contributed by atoms with Crippen LogP contribution in [0, 0.1) is 15.9 Å². The van der Waals surface area contributed by atoms with Crippen LogP contribution in [-0.2, 0) is 10.0 Å². The quantitative estimate of drug-likeness (QED) is 0.511. The predicted molar refractivity (Wildman–Crippen MR) is 61.1 cm³/mol. The van der Waals surface area contributed by atoms with Crippen LogP contribution >= 0.6 is 11.8 Å². The Morgan fingerprint density at radius 3 is 2.47 bits per heavy atom. The second kappa shape index (κ2) is 4.98. The number of benzene rings is 1. The van der Waals surface area contributed by atoms with Gasteiger partial charge < -0.3 is 0 Å². The zero-order chi connectivity index (χ0) is 13.2. The standard InChI is InChI=1S/C8H9FN2O4S2/c1-10-17(14,15)8-4-6(11(12)13)7(16-2)3-5(8)9/h3-4,10H,1-2H3. The van der Waals surface area contributed by atoms with Crippen molar-refractivity contribution in [3.05, 3.63) is 28.1 Å². The van der Waals surface area contributed by atoms with Crippen molar-refractivity contribution >= 4 is 27.5 Å². The molecule has 0 aliphatic heterocycles. The van der Waals surface area contributed by atoms with E-state index in [0.717, 1.165) is 24.9 Å². The molecule has 0 aromatic heterocycles. The Morgan fingerprint density at radius 1 is 1.47 bits per heavy atom. The first-order chi connectivity index (χ1) is 7.83. The van der Waals surface area contributed by atoms with Crippen molar-refractivity contribution in [1.29, 1.82) is 0 Å². The zero-order valence-electron chi connectivity index (χ0n) is 8.93. The summed E-state index contributed by atoms with van der Waals surface area (Å²) in [7, 11) is -2.95. The molecule has 0 spiro atoms. The van der Waals surface area contributed by atoms with Gasteiger partial charge in [0, 0.05) is 6.07 Å². The van der Waals surface area contributed by atoms with Gasteiger partial charge in [-0.2, -0.15) is 0 Å². The smallest absolute Gasteiger partial charge is 0.258 e. The molecule has 0 bridgehead atoms. The van der Waals surface area contributed by atoms with Gasteiger partial charge in [-0.25, -0.2) is 17.5 Å². The third-order valence-corrected chi connectivity index (χ3v) is 4.18. The molecule has 0 aliphatic carbocycles. The fourth-order valence-electron chi connectivity index (χ4n) is 1.15. The van der Waals surface area contributed by atoms with E-state index in [4.69, 9.17) is 0 Å². The van der Waals surface area contributed by atoms with Gasteiger partial charge in [-0.05, 0) is 19.4 Å². The zero-order valence-corrected chi connectivity index (χ0v) is 10.6. The van der Waals surface area contributed by atoms with Crippen LogP contribution in [0.5, 0.6) is 0 Å². The van der Waals surface area contributed by atoms with E-state index in [9.17, 15) is 22.9 Å². The van der Waals surface area contributed by atoms with Gasteiger partial charge in [0.1, 0.15) is 10.7 Å². The topological polar surface area (TPSA) is 89.3 Å². The van der Waals surface area contributed by atoms with Gasteiger partial charge in [-0.15, -0.1) is 11.8 Å². The molecule has 9 heteroatoms. The van der Waals surface area contributed by atoms with Gasteiger partial charge in [0.15, 0.2) is 0 Å². The molecule has 0 saturated carbocycles. The van der Waals surface area contributed by atoms with Crippen LogP contribution < -0.4 is 4.72 Å². The van der Waals surface area contributed by atoms with Gasteiger partial charge in [-0.1, -0.05) is 0 Å². The molecule has 0 radical (unpaired) electrons. The van der Waals surface area contributed by atoms with E-state index in [2.05, 4.69) is 0 Å². The van der Waals surface area contributed by atoms with E-state index in [1.807, 2.05) is 4.72 Å². The van der Waals surface area contributed by atoms with Crippen molar-refractivity contribution in [1.82, 2.24) is 4.72 Å². The Morgan fingerprint density at radius 2 is 2.06 bits per heavy atom. The average molecular weight is 280 g/mol. The first-order valence-corrected chi connectivity index (χ1v) is 6.99. The number of nitrogens with zero attached hydrogens (tertiary/aromatic N) is 1. The highest BCUT2D eigenvalue weighted by Gasteiger charge is 2.24. The highest BCUT2D eigenvalue weighted by molar-refractivity contribution is 7.98. The predicted octanol–water partition coefficient (Wildman–Crippen LogP) is 1.36. The number of halogens is 1. The molecule has 94 valence electrons. The largest absolute Gasteiger partial charge is 0.284 e. The molecular weight excluding hydrogens is 271 g/mol. The molecule has 0 saturated heterocycles. The molecule has 0 aliphatic rings. The van der Waals surface area contributed by atoms with Gasteiger partial charge in [-0.3, -0.25) is 10.1 Å². The lowest BCUT2D eigenvalue weighted by Gasteiger charge is -2.06. The summed E-state index contributed by atoms with van der Waals surface area (Å²) in [4.78, 5) is 9.30. The molecular formula is C8H9FN2O4S2. The van der Waals surface area contributed by atoms with E-state index < -0.39 is 31.3 Å². The number of rotatable bonds is 4. The number of hydrogen-bond acceptors (Lipinski definition) is 5. The number of hydrogen-bond donors (Lipinski definition) is 1. The number of thioether (sulfide) groups is 1. The van der Waals surface area contributed by atoms with Crippen LogP contribution in [0.1, 0.15) is 0 Å². The highest BCUT2D eigenvalue weighted by atomic mass is 32.2. The lowest BCUT2D eigenvalue weighted by molar-refractivity contribution is -0.388. The van der Waals surface area contributed by atoms with E-state index in [1.165, 1.54) is 6.26 Å². The monoisotopic (exact) mass is 280 g/mol. The molecule has 0 amide bonds. The Hall–Kier alpha value is -1.19. The molecule has 1 aromatic rings. The summed E-state index contributed by atoms with van der Waals surface area (Å²) in [6.45, 7) is 0. The van der Waals surface area contributed by atoms with Crippen LogP contribution in [-0.4, -0.2) is 26.6 Å². The van der Waals surface area contributed by atoms with E-state index in [0.29, 0.717) is 6.07 Å². The first-order valence-electron chi connectivity index (χ1n) is 4.29. The lowest BCUT2D eigenvalue weighted by atomic mass is 10.3. The summed E-state index contributed by atoms with van der Waals surface area (Å²) in [5, 5.41) is 10.7. The van der Waals surface area contributed by atoms with Crippen molar-refractivity contribution < 1.29 is 17.7 Å². The second-order valence-corrected chi connectivity index (χ2v) is 5.62. The molecule has 0 unspecified atom stereocenters. The summed E-state index contributed by atoms with van der Waals surface area (Å²) in [6.07, 6.45) is 1.54. The Balaban J connectivity index is 3.56. The summed E-state index contributed by atoms with van der Waals surface area (Å²) in [5.74, 6) is -1.02. The molecule has 1 aromatic carbocycles. The Bertz CT molecular complexity index is 559. The van der Waals surface area contributed by atoms with Gasteiger partial charge in [0.25, 0.3) is 5.69 Å². The lowest BCUT2D eigenvalue weighted by Crippen LogP contribution is -2.20. The number of nitro benzene ring substituents is 1. The molecule has 0 atom stereocenters. The van der Waals surface area contributed by atoms with Crippen LogP contribution in [0.3, 0.4) is 0 Å². The van der Waals surface area contributed by atoms with E-state index in [-0.39, 0.29) is 4.90 Å². The third-order valence-electron chi connectivity index (χ3n) is 1.99. The summed E-state index contributed by atoms with van der Waals surface area (Å²) >= 11 is 0.968. The fourth-order valence-corrected chi connectivity index (χ4v) is 2.51. The number of nitrogens with one attached hydrogen (secondary N) is 1. The molecule has 1 rings (SSSR count). The Labute approximate surface area is 101 Å². The summed E-state index contributed by atoms with van der Waals surface area (Å²) < 4.78 is 38.2. The van der Waals surface area contributed by atoms with Gasteiger partial charge >= 0.3 is 0 Å². The Kier molecular flexibility index (Phi) is 4.07. The van der Waals surface area contributed by atoms with Crippen LogP contribution in [0.15, 0.2) is 21.9 Å². The van der Waals surface area contributed by atoms with Gasteiger partial charge in [0.05, 0.1) is 9.82 Å². The first kappa shape index (κ1) is 13.9. The van der Waals surface area contributed by atoms with E-state index in [1.54, 1.807) is 0 Å².